The molecule has 2 aliphatic heterocycles. The van der Waals surface area contributed by atoms with E-state index < -0.39 is 0 Å². The smallest absolute Gasteiger partial charge is 0.328 e. The summed E-state index contributed by atoms with van der Waals surface area (Å²) in [6.45, 7) is 3.70. The van der Waals surface area contributed by atoms with Gasteiger partial charge in [0.2, 0.25) is 0 Å². The van der Waals surface area contributed by atoms with Crippen molar-refractivity contribution < 1.29 is 9.59 Å². The molecule has 0 spiro atoms. The Labute approximate surface area is 121 Å². The van der Waals surface area contributed by atoms with Gasteiger partial charge in [0.1, 0.15) is 0 Å². The third kappa shape index (κ3) is 2.49. The number of hydrogen-bond donors (Lipinski definition) is 2. The summed E-state index contributed by atoms with van der Waals surface area (Å²) in [5, 5.41) is 12.4. The van der Waals surface area contributed by atoms with Gasteiger partial charge in [-0.05, 0) is 26.0 Å². The molecule has 1 aromatic carbocycles. The minimum Gasteiger partial charge on any atom is -0.328 e. The lowest BCUT2D eigenvalue weighted by atomic mass is 10.0. The molecule has 0 radical (unpaired) electrons. The largest absolute Gasteiger partial charge is 0.335 e. The molecular weight excluding hydrogens is 270 g/mol. The predicted molar refractivity (Wildman–Crippen MR) is 79.3 cm³/mol. The van der Waals surface area contributed by atoms with Gasteiger partial charge in [0, 0.05) is 11.3 Å². The highest BCUT2D eigenvalue weighted by Gasteiger charge is 2.24. The van der Waals surface area contributed by atoms with Crippen LogP contribution in [0.25, 0.3) is 0 Å². The van der Waals surface area contributed by atoms with Crippen LogP contribution in [-0.2, 0) is 4.79 Å². The van der Waals surface area contributed by atoms with Gasteiger partial charge in [0.05, 0.1) is 23.9 Å². The molecule has 0 fully saturated rings. The monoisotopic (exact) mass is 285 g/mol. The van der Waals surface area contributed by atoms with E-state index in [1.54, 1.807) is 0 Å². The molecule has 0 aromatic heterocycles. The zero-order chi connectivity index (χ0) is 15.0. The van der Waals surface area contributed by atoms with E-state index >= 15 is 0 Å². The Bertz CT molecular complexity index is 662. The fraction of sp³-hybridized carbons (Fsp3) is 0.286. The minimum atomic E-state index is -0.310. The van der Waals surface area contributed by atoms with E-state index in [0.717, 1.165) is 22.7 Å². The van der Waals surface area contributed by atoms with Gasteiger partial charge < -0.3 is 5.32 Å². The SMILES string of the molecule is CC1=NN(c2ccc(C3=NNC(=O)NC3C)cc2)C(=O)C1. The lowest BCUT2D eigenvalue weighted by Gasteiger charge is -2.21. The molecular formula is C14H15N5O2. The number of carbonyl (C=O) groups excluding carboxylic acids is 2. The highest BCUT2D eigenvalue weighted by molar-refractivity contribution is 6.12. The van der Waals surface area contributed by atoms with Crippen LogP contribution in [0, 0.1) is 0 Å². The van der Waals surface area contributed by atoms with Crippen molar-refractivity contribution in [1.82, 2.24) is 10.7 Å². The normalized spacial score (nSPS) is 21.6. The first-order valence-electron chi connectivity index (χ1n) is 6.66. The maximum Gasteiger partial charge on any atom is 0.335 e. The van der Waals surface area contributed by atoms with Gasteiger partial charge in [0.15, 0.2) is 0 Å². The molecule has 1 atom stereocenters. The molecule has 1 unspecified atom stereocenters. The number of amides is 3. The number of carbonyl (C=O) groups is 2. The number of hydrogen-bond acceptors (Lipinski definition) is 4. The average molecular weight is 285 g/mol. The molecule has 7 nitrogen and oxygen atoms in total. The Kier molecular flexibility index (Phi) is 3.17. The summed E-state index contributed by atoms with van der Waals surface area (Å²) in [6, 6.07) is 6.89. The zero-order valence-corrected chi connectivity index (χ0v) is 11.8. The molecule has 0 bridgehead atoms. The molecule has 2 N–H and O–H groups in total. The zero-order valence-electron chi connectivity index (χ0n) is 11.8. The Morgan fingerprint density at radius 1 is 1.24 bits per heavy atom. The summed E-state index contributed by atoms with van der Waals surface area (Å²) in [4.78, 5) is 22.9. The predicted octanol–water partition coefficient (Wildman–Crippen LogP) is 1.20. The third-order valence-electron chi connectivity index (χ3n) is 3.36. The lowest BCUT2D eigenvalue weighted by molar-refractivity contribution is -0.116. The van der Waals surface area contributed by atoms with Crippen LogP contribution < -0.4 is 15.8 Å². The standard InChI is InChI=1S/C14H15N5O2/c1-8-7-12(20)19(18-8)11-5-3-10(4-6-11)13-9(2)15-14(21)17-16-13/h3-6,9H,7H2,1-2H3,(H2,15,17,21). The molecule has 1 aromatic rings. The second kappa shape index (κ2) is 5.01. The van der Waals surface area contributed by atoms with E-state index in [4.69, 9.17) is 0 Å². The molecule has 0 saturated carbocycles. The maximum absolute atomic E-state index is 11.8. The number of nitrogens with one attached hydrogen (secondary N) is 2. The minimum absolute atomic E-state index is 0.0300. The number of hydrazone groups is 2. The number of rotatable bonds is 2. The summed E-state index contributed by atoms with van der Waals surface area (Å²) in [6.07, 6.45) is 0.363. The second-order valence-electron chi connectivity index (χ2n) is 5.07. The van der Waals surface area contributed by atoms with Crippen LogP contribution in [0.1, 0.15) is 25.8 Å². The Balaban J connectivity index is 1.85. The van der Waals surface area contributed by atoms with Crippen molar-refractivity contribution in [2.75, 3.05) is 5.01 Å². The van der Waals surface area contributed by atoms with Crippen molar-refractivity contribution >= 4 is 29.0 Å². The summed E-state index contributed by atoms with van der Waals surface area (Å²) in [5.74, 6) is -0.0300. The van der Waals surface area contributed by atoms with Gasteiger partial charge in [-0.3, -0.25) is 4.79 Å². The molecule has 7 heteroatoms. The number of benzene rings is 1. The van der Waals surface area contributed by atoms with E-state index in [9.17, 15) is 9.59 Å². The van der Waals surface area contributed by atoms with Crippen molar-refractivity contribution in [3.05, 3.63) is 29.8 Å². The third-order valence-corrected chi connectivity index (χ3v) is 3.36. The van der Waals surface area contributed by atoms with E-state index in [0.29, 0.717) is 6.42 Å². The van der Waals surface area contributed by atoms with Crippen molar-refractivity contribution in [2.45, 2.75) is 26.3 Å². The van der Waals surface area contributed by atoms with Gasteiger partial charge >= 0.3 is 6.03 Å². The topological polar surface area (TPSA) is 86.2 Å². The van der Waals surface area contributed by atoms with Crippen LogP contribution in [-0.4, -0.2) is 29.4 Å². The molecule has 21 heavy (non-hydrogen) atoms. The van der Waals surface area contributed by atoms with Crippen molar-refractivity contribution in [1.29, 1.82) is 0 Å². The van der Waals surface area contributed by atoms with Crippen LogP contribution in [0.5, 0.6) is 0 Å². The van der Waals surface area contributed by atoms with Gasteiger partial charge in [-0.1, -0.05) is 12.1 Å². The highest BCUT2D eigenvalue weighted by Crippen LogP contribution is 2.21. The number of urea groups is 1. The van der Waals surface area contributed by atoms with E-state index in [-0.39, 0.29) is 18.0 Å². The van der Waals surface area contributed by atoms with Crippen LogP contribution in [0.2, 0.25) is 0 Å². The van der Waals surface area contributed by atoms with Crippen molar-refractivity contribution in [2.24, 2.45) is 10.2 Å². The van der Waals surface area contributed by atoms with Gasteiger partial charge in [-0.25, -0.2) is 15.2 Å². The Morgan fingerprint density at radius 2 is 1.95 bits per heavy atom. The first kappa shape index (κ1) is 13.3. The van der Waals surface area contributed by atoms with Gasteiger partial charge in [-0.15, -0.1) is 0 Å². The van der Waals surface area contributed by atoms with E-state index in [1.165, 1.54) is 5.01 Å². The second-order valence-corrected chi connectivity index (χ2v) is 5.07. The average Bonchev–Trinajstić information content (AvgIpc) is 2.78. The van der Waals surface area contributed by atoms with Crippen LogP contribution in [0.4, 0.5) is 10.5 Å². The molecule has 2 heterocycles. The van der Waals surface area contributed by atoms with Crippen molar-refractivity contribution in [3.8, 4) is 0 Å². The maximum atomic E-state index is 11.8. The van der Waals surface area contributed by atoms with Gasteiger partial charge in [-0.2, -0.15) is 10.2 Å². The molecule has 108 valence electrons. The number of nitrogens with zero attached hydrogens (tertiary/aromatic N) is 3. The molecule has 3 amide bonds. The molecule has 0 aliphatic carbocycles. The molecule has 2 aliphatic rings. The Hall–Kier alpha value is -2.70. The number of anilines is 1. The first-order valence-corrected chi connectivity index (χ1v) is 6.66. The van der Waals surface area contributed by atoms with E-state index in [1.807, 2.05) is 38.1 Å². The van der Waals surface area contributed by atoms with Gasteiger partial charge in [0.25, 0.3) is 5.91 Å². The Morgan fingerprint density at radius 3 is 2.52 bits per heavy atom. The molecule has 3 rings (SSSR count). The summed E-state index contributed by atoms with van der Waals surface area (Å²) < 4.78 is 0. The van der Waals surface area contributed by atoms with Crippen molar-refractivity contribution in [3.63, 3.8) is 0 Å². The van der Waals surface area contributed by atoms with Crippen LogP contribution in [0.3, 0.4) is 0 Å². The summed E-state index contributed by atoms with van der Waals surface area (Å²) in [7, 11) is 0. The quantitative estimate of drug-likeness (QED) is 0.855. The van der Waals surface area contributed by atoms with Crippen LogP contribution in [0.15, 0.2) is 34.5 Å². The fourth-order valence-electron chi connectivity index (χ4n) is 2.35. The van der Waals surface area contributed by atoms with E-state index in [2.05, 4.69) is 20.9 Å². The lowest BCUT2D eigenvalue weighted by Crippen LogP contribution is -2.48. The summed E-state index contributed by atoms with van der Waals surface area (Å²) in [5.41, 5.74) is 5.55. The fourth-order valence-corrected chi connectivity index (χ4v) is 2.35. The summed E-state index contributed by atoms with van der Waals surface area (Å²) >= 11 is 0. The highest BCUT2D eigenvalue weighted by atomic mass is 16.2. The first-order chi connectivity index (χ1) is 10.0. The van der Waals surface area contributed by atoms with Crippen LogP contribution >= 0.6 is 0 Å². The molecule has 0 saturated heterocycles.